The molecule has 1 N–H and O–H groups in total. The minimum atomic E-state index is 0.146. The van der Waals surface area contributed by atoms with E-state index in [1.807, 2.05) is 6.07 Å². The molecule has 0 amide bonds. The molecule has 1 aromatic carbocycles. The van der Waals surface area contributed by atoms with Crippen LogP contribution in [0.15, 0.2) is 30.5 Å². The lowest BCUT2D eigenvalue weighted by atomic mass is 10.1. The van der Waals surface area contributed by atoms with Gasteiger partial charge in [-0.2, -0.15) is 5.26 Å². The lowest BCUT2D eigenvalue weighted by molar-refractivity contribution is 0.303. The first-order valence-electron chi connectivity index (χ1n) is 6.87. The number of aromatic amines is 1. The highest BCUT2D eigenvalue weighted by atomic mass is 15.1. The van der Waals surface area contributed by atoms with Crippen molar-refractivity contribution < 1.29 is 0 Å². The van der Waals surface area contributed by atoms with Crippen LogP contribution < -0.4 is 0 Å². The zero-order valence-corrected chi connectivity index (χ0v) is 11.7. The van der Waals surface area contributed by atoms with Crippen LogP contribution in [0.1, 0.15) is 18.9 Å². The Bertz CT molecular complexity index is 565. The molecule has 0 aliphatic carbocycles. The Morgan fingerprint density at radius 1 is 1.37 bits per heavy atom. The summed E-state index contributed by atoms with van der Waals surface area (Å²) in [5.41, 5.74) is 2.55. The molecule has 0 radical (unpaired) electrons. The fourth-order valence-corrected chi connectivity index (χ4v) is 2.38. The molecule has 0 aliphatic heterocycles. The quantitative estimate of drug-likeness (QED) is 0.861. The van der Waals surface area contributed by atoms with E-state index in [4.69, 9.17) is 5.26 Å². The van der Waals surface area contributed by atoms with E-state index < -0.39 is 0 Å². The Kier molecular flexibility index (Phi) is 4.59. The van der Waals surface area contributed by atoms with Crippen LogP contribution in [0.3, 0.4) is 0 Å². The third kappa shape index (κ3) is 3.36. The highest BCUT2D eigenvalue weighted by molar-refractivity contribution is 5.83. The third-order valence-electron chi connectivity index (χ3n) is 3.65. The Morgan fingerprint density at radius 2 is 2.16 bits per heavy atom. The maximum absolute atomic E-state index is 8.99. The number of nitrogens with zero attached hydrogens (tertiary/aromatic N) is 2. The Labute approximate surface area is 114 Å². The van der Waals surface area contributed by atoms with Crippen LogP contribution in [-0.2, 0) is 6.42 Å². The number of nitriles is 1. The maximum atomic E-state index is 8.99. The smallest absolute Gasteiger partial charge is 0.0669 e. The van der Waals surface area contributed by atoms with Crippen molar-refractivity contribution in [2.45, 2.75) is 19.8 Å². The molecular weight excluding hydrogens is 234 g/mol. The van der Waals surface area contributed by atoms with Crippen molar-refractivity contribution in [2.75, 3.05) is 20.1 Å². The topological polar surface area (TPSA) is 42.8 Å². The summed E-state index contributed by atoms with van der Waals surface area (Å²) in [5, 5.41) is 10.3. The van der Waals surface area contributed by atoms with Gasteiger partial charge in [0.15, 0.2) is 0 Å². The van der Waals surface area contributed by atoms with E-state index in [1.54, 1.807) is 0 Å². The summed E-state index contributed by atoms with van der Waals surface area (Å²) < 4.78 is 0. The fraction of sp³-hybridized carbons (Fsp3) is 0.438. The summed E-state index contributed by atoms with van der Waals surface area (Å²) in [4.78, 5) is 5.55. The van der Waals surface area contributed by atoms with Gasteiger partial charge in [0, 0.05) is 30.2 Å². The van der Waals surface area contributed by atoms with Crippen molar-refractivity contribution in [3.8, 4) is 6.07 Å². The molecule has 19 heavy (non-hydrogen) atoms. The van der Waals surface area contributed by atoms with Crippen LogP contribution in [-0.4, -0.2) is 30.0 Å². The molecule has 1 heterocycles. The van der Waals surface area contributed by atoms with Crippen LogP contribution in [0.5, 0.6) is 0 Å². The first-order valence-corrected chi connectivity index (χ1v) is 6.87. The van der Waals surface area contributed by atoms with E-state index in [0.717, 1.165) is 25.9 Å². The van der Waals surface area contributed by atoms with Crippen molar-refractivity contribution in [2.24, 2.45) is 5.92 Å². The highest BCUT2D eigenvalue weighted by Gasteiger charge is 2.09. The lowest BCUT2D eigenvalue weighted by Crippen LogP contribution is -2.26. The molecule has 0 saturated heterocycles. The number of H-pyrrole nitrogens is 1. The molecule has 3 nitrogen and oxygen atoms in total. The second kappa shape index (κ2) is 6.40. The number of hydrogen-bond acceptors (Lipinski definition) is 2. The molecule has 1 aromatic heterocycles. The van der Waals surface area contributed by atoms with Crippen molar-refractivity contribution in [1.82, 2.24) is 9.88 Å². The average molecular weight is 255 g/mol. The Balaban J connectivity index is 1.94. The van der Waals surface area contributed by atoms with Gasteiger partial charge in [-0.15, -0.1) is 0 Å². The monoisotopic (exact) mass is 255 g/mol. The molecule has 0 aliphatic rings. The van der Waals surface area contributed by atoms with Crippen molar-refractivity contribution in [3.05, 3.63) is 36.0 Å². The summed E-state index contributed by atoms with van der Waals surface area (Å²) >= 11 is 0. The number of para-hydroxylation sites is 1. The molecule has 100 valence electrons. The second-order valence-electron chi connectivity index (χ2n) is 5.11. The molecule has 1 unspecified atom stereocenters. The number of aromatic nitrogens is 1. The van der Waals surface area contributed by atoms with Gasteiger partial charge >= 0.3 is 0 Å². The van der Waals surface area contributed by atoms with Gasteiger partial charge in [-0.05, 0) is 31.5 Å². The summed E-state index contributed by atoms with van der Waals surface area (Å²) in [6.45, 7) is 3.91. The first-order chi connectivity index (χ1) is 9.24. The minimum Gasteiger partial charge on any atom is -0.361 e. The summed E-state index contributed by atoms with van der Waals surface area (Å²) in [7, 11) is 2.09. The zero-order chi connectivity index (χ0) is 13.7. The zero-order valence-electron chi connectivity index (χ0n) is 11.7. The molecule has 0 spiro atoms. The third-order valence-corrected chi connectivity index (χ3v) is 3.65. The van der Waals surface area contributed by atoms with Crippen molar-refractivity contribution in [1.29, 1.82) is 5.26 Å². The molecule has 1 atom stereocenters. The van der Waals surface area contributed by atoms with Gasteiger partial charge in [0.05, 0.1) is 12.0 Å². The summed E-state index contributed by atoms with van der Waals surface area (Å²) in [6, 6.07) is 10.7. The molecular formula is C16H21N3. The minimum absolute atomic E-state index is 0.146. The van der Waals surface area contributed by atoms with Gasteiger partial charge < -0.3 is 9.88 Å². The summed E-state index contributed by atoms with van der Waals surface area (Å²) in [5.74, 6) is 0.146. The summed E-state index contributed by atoms with van der Waals surface area (Å²) in [6.07, 6.45) is 4.04. The lowest BCUT2D eigenvalue weighted by Gasteiger charge is -2.18. The van der Waals surface area contributed by atoms with E-state index >= 15 is 0 Å². The predicted molar refractivity (Wildman–Crippen MR) is 78.9 cm³/mol. The second-order valence-corrected chi connectivity index (χ2v) is 5.11. The van der Waals surface area contributed by atoms with Gasteiger partial charge in [-0.1, -0.05) is 25.1 Å². The Hall–Kier alpha value is -1.79. The standard InChI is InChI=1S/C16H21N3/c1-3-13(10-17)12-19(2)9-8-14-11-18-16-7-5-4-6-15(14)16/h4-7,11,13,18H,3,8-9,12H2,1-2H3. The number of likely N-dealkylation sites (N-methyl/N-ethyl adjacent to an activating group) is 1. The number of nitrogens with one attached hydrogen (secondary N) is 1. The molecule has 3 heteroatoms. The van der Waals surface area contributed by atoms with Gasteiger partial charge in [0.2, 0.25) is 0 Å². The maximum Gasteiger partial charge on any atom is 0.0669 e. The molecule has 0 bridgehead atoms. The van der Waals surface area contributed by atoms with E-state index in [-0.39, 0.29) is 5.92 Å². The Morgan fingerprint density at radius 3 is 2.89 bits per heavy atom. The van der Waals surface area contributed by atoms with Crippen LogP contribution in [0, 0.1) is 17.2 Å². The van der Waals surface area contributed by atoms with E-state index in [1.165, 1.54) is 16.5 Å². The molecule has 0 fully saturated rings. The number of hydrogen-bond donors (Lipinski definition) is 1. The van der Waals surface area contributed by atoms with Crippen molar-refractivity contribution >= 4 is 10.9 Å². The van der Waals surface area contributed by atoms with Crippen LogP contribution >= 0.6 is 0 Å². The predicted octanol–water partition coefficient (Wildman–Crippen LogP) is 3.19. The fourth-order valence-electron chi connectivity index (χ4n) is 2.38. The van der Waals surface area contributed by atoms with E-state index in [0.29, 0.717) is 0 Å². The molecule has 2 rings (SSSR count). The molecule has 0 saturated carbocycles. The van der Waals surface area contributed by atoms with E-state index in [2.05, 4.69) is 54.3 Å². The van der Waals surface area contributed by atoms with Crippen LogP contribution in [0.2, 0.25) is 0 Å². The normalized spacial score (nSPS) is 12.7. The first kappa shape index (κ1) is 13.6. The average Bonchev–Trinajstić information content (AvgIpc) is 2.86. The van der Waals surface area contributed by atoms with Gasteiger partial charge in [0.1, 0.15) is 0 Å². The van der Waals surface area contributed by atoms with Gasteiger partial charge in [-0.3, -0.25) is 0 Å². The molecule has 2 aromatic rings. The largest absolute Gasteiger partial charge is 0.361 e. The van der Waals surface area contributed by atoms with E-state index in [9.17, 15) is 0 Å². The number of benzene rings is 1. The van der Waals surface area contributed by atoms with Gasteiger partial charge in [0.25, 0.3) is 0 Å². The SMILES string of the molecule is CCC(C#N)CN(C)CCc1c[nH]c2ccccc12. The van der Waals surface area contributed by atoms with Crippen LogP contribution in [0.4, 0.5) is 0 Å². The number of rotatable bonds is 6. The van der Waals surface area contributed by atoms with Gasteiger partial charge in [-0.25, -0.2) is 0 Å². The highest BCUT2D eigenvalue weighted by Crippen LogP contribution is 2.18. The van der Waals surface area contributed by atoms with Crippen molar-refractivity contribution in [3.63, 3.8) is 0 Å². The number of fused-ring (bicyclic) bond motifs is 1. The van der Waals surface area contributed by atoms with Crippen LogP contribution in [0.25, 0.3) is 10.9 Å².